The molecule has 2 rings (SSSR count). The number of hydrogen-bond donors (Lipinski definition) is 3. The molecule has 0 radical (unpaired) electrons. The summed E-state index contributed by atoms with van der Waals surface area (Å²) in [4.78, 5) is 4.51. The van der Waals surface area contributed by atoms with E-state index in [1.54, 1.807) is 17.8 Å². The van der Waals surface area contributed by atoms with E-state index in [0.717, 1.165) is 31.5 Å². The van der Waals surface area contributed by atoms with Gasteiger partial charge >= 0.3 is 0 Å². The molecule has 0 saturated heterocycles. The fourth-order valence-corrected chi connectivity index (χ4v) is 2.47. The second-order valence-electron chi connectivity index (χ2n) is 6.42. The monoisotopic (exact) mass is 475 g/mol. The molecule has 1 atom stereocenters. The molecule has 26 heavy (non-hydrogen) atoms. The Labute approximate surface area is 172 Å². The molecular formula is C17H30IN7O. The zero-order valence-corrected chi connectivity index (χ0v) is 18.3. The summed E-state index contributed by atoms with van der Waals surface area (Å²) in [6, 6.07) is 0. The van der Waals surface area contributed by atoms with Gasteiger partial charge in [-0.2, -0.15) is 10.2 Å². The summed E-state index contributed by atoms with van der Waals surface area (Å²) < 4.78 is 3.49. The van der Waals surface area contributed by atoms with Crippen LogP contribution in [0, 0.1) is 0 Å². The number of halogens is 1. The van der Waals surface area contributed by atoms with Gasteiger partial charge in [-0.05, 0) is 32.3 Å². The van der Waals surface area contributed by atoms with Crippen molar-refractivity contribution >= 4 is 29.9 Å². The van der Waals surface area contributed by atoms with E-state index in [9.17, 15) is 5.11 Å². The van der Waals surface area contributed by atoms with Crippen LogP contribution in [0.5, 0.6) is 0 Å². The minimum Gasteiger partial charge on any atom is -0.383 e. The van der Waals surface area contributed by atoms with Crippen molar-refractivity contribution in [2.45, 2.75) is 32.3 Å². The van der Waals surface area contributed by atoms with Gasteiger partial charge in [0.1, 0.15) is 5.60 Å². The first-order valence-electron chi connectivity index (χ1n) is 8.62. The summed E-state index contributed by atoms with van der Waals surface area (Å²) in [5.41, 5.74) is 0.934. The Balaban J connectivity index is 0.00000338. The highest BCUT2D eigenvalue weighted by Crippen LogP contribution is 2.19. The van der Waals surface area contributed by atoms with Gasteiger partial charge < -0.3 is 15.7 Å². The normalized spacial score (nSPS) is 13.8. The third kappa shape index (κ3) is 6.94. The summed E-state index contributed by atoms with van der Waals surface area (Å²) in [5.74, 6) is 0.706. The lowest BCUT2D eigenvalue weighted by atomic mass is 10.0. The molecule has 146 valence electrons. The minimum absolute atomic E-state index is 0. The molecular weight excluding hydrogens is 445 g/mol. The van der Waals surface area contributed by atoms with Crippen LogP contribution in [0.2, 0.25) is 0 Å². The average molecular weight is 475 g/mol. The van der Waals surface area contributed by atoms with Crippen LogP contribution >= 0.6 is 24.0 Å². The topological polar surface area (TPSA) is 92.3 Å². The molecule has 3 N–H and O–H groups in total. The van der Waals surface area contributed by atoms with Gasteiger partial charge in [0.15, 0.2) is 5.96 Å². The fourth-order valence-electron chi connectivity index (χ4n) is 2.47. The van der Waals surface area contributed by atoms with Crippen molar-refractivity contribution in [3.05, 3.63) is 35.9 Å². The van der Waals surface area contributed by atoms with Gasteiger partial charge in [-0.15, -0.1) is 24.0 Å². The van der Waals surface area contributed by atoms with E-state index < -0.39 is 5.60 Å². The van der Waals surface area contributed by atoms with Crippen molar-refractivity contribution in [3.8, 4) is 0 Å². The third-order valence-electron chi connectivity index (χ3n) is 3.91. The molecule has 2 heterocycles. The number of nitrogens with one attached hydrogen (secondary N) is 2. The standard InChI is InChI=1S/C17H29N7O.HI/c1-5-18-16(19-8-6-7-14-9-21-23(3)11-14)20-13-17(2,25)15-10-22-24(4)12-15;/h9-12,25H,5-8,13H2,1-4H3,(H2,18,19,20);1H. The van der Waals surface area contributed by atoms with Gasteiger partial charge in [0.05, 0.1) is 18.9 Å². The predicted molar refractivity (Wildman–Crippen MR) is 114 cm³/mol. The maximum Gasteiger partial charge on any atom is 0.191 e. The molecule has 0 aliphatic rings. The highest BCUT2D eigenvalue weighted by atomic mass is 127. The lowest BCUT2D eigenvalue weighted by molar-refractivity contribution is 0.0672. The maximum atomic E-state index is 10.6. The Hall–Kier alpha value is -1.62. The van der Waals surface area contributed by atoms with Crippen LogP contribution in [0.25, 0.3) is 0 Å². The fraction of sp³-hybridized carbons (Fsp3) is 0.588. The molecule has 0 amide bonds. The number of aromatic nitrogens is 4. The highest BCUT2D eigenvalue weighted by molar-refractivity contribution is 14.0. The predicted octanol–water partition coefficient (Wildman–Crippen LogP) is 1.17. The summed E-state index contributed by atoms with van der Waals surface area (Å²) in [5, 5.41) is 25.4. The largest absolute Gasteiger partial charge is 0.383 e. The molecule has 8 nitrogen and oxygen atoms in total. The van der Waals surface area contributed by atoms with Gasteiger partial charge in [-0.3, -0.25) is 9.36 Å². The first kappa shape index (κ1) is 22.4. The van der Waals surface area contributed by atoms with Crippen molar-refractivity contribution < 1.29 is 5.11 Å². The molecule has 0 aromatic carbocycles. The number of nitrogens with zero attached hydrogens (tertiary/aromatic N) is 5. The molecule has 2 aromatic heterocycles. The molecule has 0 bridgehead atoms. The van der Waals surface area contributed by atoms with Crippen molar-refractivity contribution in [3.63, 3.8) is 0 Å². The number of aliphatic hydroxyl groups is 1. The molecule has 0 aliphatic heterocycles. The van der Waals surface area contributed by atoms with Crippen molar-refractivity contribution in [2.24, 2.45) is 19.1 Å². The third-order valence-corrected chi connectivity index (χ3v) is 3.91. The number of rotatable bonds is 8. The number of aryl methyl sites for hydroxylation is 3. The molecule has 0 spiro atoms. The highest BCUT2D eigenvalue weighted by Gasteiger charge is 2.24. The van der Waals surface area contributed by atoms with Crippen molar-refractivity contribution in [2.75, 3.05) is 19.6 Å². The summed E-state index contributed by atoms with van der Waals surface area (Å²) in [6.07, 6.45) is 9.35. The van der Waals surface area contributed by atoms with Crippen molar-refractivity contribution in [1.29, 1.82) is 0 Å². The quantitative estimate of drug-likeness (QED) is 0.231. The first-order chi connectivity index (χ1) is 11.9. The minimum atomic E-state index is -1.05. The molecule has 2 aromatic rings. The molecule has 0 aliphatic carbocycles. The average Bonchev–Trinajstić information content (AvgIpc) is 3.18. The van der Waals surface area contributed by atoms with E-state index in [1.807, 2.05) is 44.3 Å². The number of guanidine groups is 1. The Morgan fingerprint density at radius 1 is 1.19 bits per heavy atom. The first-order valence-corrected chi connectivity index (χ1v) is 8.62. The summed E-state index contributed by atoms with van der Waals surface area (Å²) in [7, 11) is 3.75. The molecule has 9 heteroatoms. The van der Waals surface area contributed by atoms with Crippen LogP contribution in [-0.4, -0.2) is 50.3 Å². The van der Waals surface area contributed by atoms with Gasteiger partial charge in [-0.25, -0.2) is 4.99 Å². The maximum absolute atomic E-state index is 10.6. The van der Waals surface area contributed by atoms with Crippen LogP contribution in [0.4, 0.5) is 0 Å². The molecule has 0 fully saturated rings. The molecule has 0 saturated carbocycles. The van der Waals surface area contributed by atoms with E-state index >= 15 is 0 Å². The smallest absolute Gasteiger partial charge is 0.191 e. The summed E-state index contributed by atoms with van der Waals surface area (Å²) in [6.45, 7) is 5.60. The second-order valence-corrected chi connectivity index (χ2v) is 6.42. The zero-order valence-electron chi connectivity index (χ0n) is 15.9. The lowest BCUT2D eigenvalue weighted by Gasteiger charge is -2.20. The van der Waals surface area contributed by atoms with Gasteiger partial charge in [0, 0.05) is 45.1 Å². The van der Waals surface area contributed by atoms with Gasteiger partial charge in [0.2, 0.25) is 0 Å². The van der Waals surface area contributed by atoms with Crippen LogP contribution in [0.15, 0.2) is 29.8 Å². The Morgan fingerprint density at radius 2 is 1.88 bits per heavy atom. The van der Waals surface area contributed by atoms with E-state index in [0.29, 0.717) is 5.96 Å². The van der Waals surface area contributed by atoms with Gasteiger partial charge in [-0.1, -0.05) is 0 Å². The van der Waals surface area contributed by atoms with E-state index in [2.05, 4.69) is 25.8 Å². The molecule has 1 unspecified atom stereocenters. The second kappa shape index (κ2) is 10.5. The lowest BCUT2D eigenvalue weighted by Crippen LogP contribution is -2.39. The Morgan fingerprint density at radius 3 is 2.46 bits per heavy atom. The zero-order chi connectivity index (χ0) is 18.3. The van der Waals surface area contributed by atoms with E-state index in [1.165, 1.54) is 5.56 Å². The Kier molecular flexibility index (Phi) is 9.06. The number of hydrogen-bond acceptors (Lipinski definition) is 4. The number of aliphatic imine (C=N–C) groups is 1. The van der Waals surface area contributed by atoms with E-state index in [-0.39, 0.29) is 30.5 Å². The SMILES string of the molecule is CCNC(=NCC(C)(O)c1cnn(C)c1)NCCCc1cnn(C)c1.I. The van der Waals surface area contributed by atoms with Crippen LogP contribution in [0.3, 0.4) is 0 Å². The Bertz CT molecular complexity index is 693. The van der Waals surface area contributed by atoms with Crippen LogP contribution in [-0.2, 0) is 26.1 Å². The van der Waals surface area contributed by atoms with Crippen LogP contribution in [0.1, 0.15) is 31.4 Å². The van der Waals surface area contributed by atoms with Crippen molar-refractivity contribution in [1.82, 2.24) is 30.2 Å². The van der Waals surface area contributed by atoms with E-state index in [4.69, 9.17) is 0 Å². The van der Waals surface area contributed by atoms with Gasteiger partial charge in [0.25, 0.3) is 0 Å². The van der Waals surface area contributed by atoms with Crippen LogP contribution < -0.4 is 10.6 Å². The summed E-state index contributed by atoms with van der Waals surface area (Å²) >= 11 is 0.